The third-order valence-electron chi connectivity index (χ3n) is 2.98. The lowest BCUT2D eigenvalue weighted by Gasteiger charge is -2.14. The van der Waals surface area contributed by atoms with Gasteiger partial charge in [0.15, 0.2) is 5.82 Å². The van der Waals surface area contributed by atoms with Crippen LogP contribution in [0.1, 0.15) is 19.3 Å². The summed E-state index contributed by atoms with van der Waals surface area (Å²) in [6, 6.07) is 1.46. The van der Waals surface area contributed by atoms with Crippen molar-refractivity contribution < 1.29 is 4.74 Å². The first-order valence-electron chi connectivity index (χ1n) is 6.18. The number of ether oxygens (including phenoxy) is 1. The highest BCUT2D eigenvalue weighted by Crippen LogP contribution is 2.39. The van der Waals surface area contributed by atoms with Crippen LogP contribution >= 0.6 is 23.2 Å². The lowest BCUT2D eigenvalue weighted by atomic mass is 10.0. The summed E-state index contributed by atoms with van der Waals surface area (Å²) in [6.07, 6.45) is 5.12. The Bertz CT molecular complexity index is 590. The second-order valence-electron chi connectivity index (χ2n) is 4.63. The van der Waals surface area contributed by atoms with Gasteiger partial charge >= 0.3 is 0 Å². The van der Waals surface area contributed by atoms with E-state index >= 15 is 0 Å². The van der Waals surface area contributed by atoms with E-state index < -0.39 is 0 Å². The maximum absolute atomic E-state index is 5.74. The lowest BCUT2D eigenvalue weighted by molar-refractivity contribution is 0.286. The molecule has 2 aliphatic rings. The minimum Gasteiger partial charge on any atom is -0.495 e. The molecule has 2 heterocycles. The average Bonchev–Trinajstić information content (AvgIpc) is 3.22. The van der Waals surface area contributed by atoms with E-state index in [9.17, 15) is 0 Å². The first-order valence-corrected chi connectivity index (χ1v) is 6.93. The summed E-state index contributed by atoms with van der Waals surface area (Å²) in [5, 5.41) is 11.9. The molecule has 20 heavy (non-hydrogen) atoms. The van der Waals surface area contributed by atoms with Crippen molar-refractivity contribution in [2.24, 2.45) is 21.4 Å². The van der Waals surface area contributed by atoms with Crippen LogP contribution in [0.2, 0.25) is 10.4 Å². The van der Waals surface area contributed by atoms with Crippen LogP contribution in [0.5, 0.6) is 0 Å². The normalized spacial score (nSPS) is 21.1. The first-order chi connectivity index (χ1) is 9.70. The molecule has 0 atom stereocenters. The molecule has 0 radical (unpaired) electrons. The summed E-state index contributed by atoms with van der Waals surface area (Å²) in [5.41, 5.74) is 2.14. The van der Waals surface area contributed by atoms with Crippen molar-refractivity contribution >= 4 is 34.7 Å². The number of hydrogen-bond donors (Lipinski definition) is 0. The van der Waals surface area contributed by atoms with Crippen molar-refractivity contribution in [2.75, 3.05) is 6.61 Å². The number of allylic oxidation sites excluding steroid dienone is 1. The van der Waals surface area contributed by atoms with Gasteiger partial charge in [-0.1, -0.05) is 11.6 Å². The minimum absolute atomic E-state index is 0.0269. The van der Waals surface area contributed by atoms with Gasteiger partial charge in [0.2, 0.25) is 5.28 Å². The van der Waals surface area contributed by atoms with Crippen LogP contribution < -0.4 is 0 Å². The van der Waals surface area contributed by atoms with Crippen LogP contribution in [0.4, 0.5) is 5.82 Å². The Balaban J connectivity index is 1.67. The van der Waals surface area contributed by atoms with E-state index in [0.717, 1.165) is 12.1 Å². The van der Waals surface area contributed by atoms with E-state index in [1.165, 1.54) is 24.5 Å². The van der Waals surface area contributed by atoms with Gasteiger partial charge in [-0.05, 0) is 41.2 Å². The predicted molar refractivity (Wildman–Crippen MR) is 75.4 cm³/mol. The monoisotopic (exact) mass is 311 g/mol. The predicted octanol–water partition coefficient (Wildman–Crippen LogP) is 3.94. The molecule has 6 nitrogen and oxygen atoms in total. The highest BCUT2D eigenvalue weighted by atomic mass is 35.5. The molecule has 0 spiro atoms. The number of halogens is 2. The summed E-state index contributed by atoms with van der Waals surface area (Å²) in [5.74, 6) is 0.936. The molecule has 3 rings (SSSR count). The molecule has 1 saturated carbocycles. The molecular formula is C12H11Cl2N5O. The maximum atomic E-state index is 5.74. The molecule has 1 fully saturated rings. The Labute approximate surface area is 125 Å². The minimum atomic E-state index is 0.0269. The Kier molecular flexibility index (Phi) is 3.93. The molecule has 8 heteroatoms. The van der Waals surface area contributed by atoms with E-state index in [1.807, 2.05) is 6.26 Å². The van der Waals surface area contributed by atoms with Gasteiger partial charge < -0.3 is 4.74 Å². The maximum Gasteiger partial charge on any atom is 0.225 e. The SMILES string of the molecule is Clc1cc(N=NN=C2COC=C(C3CC3)C2)nc(Cl)n1. The molecule has 0 unspecified atom stereocenters. The lowest BCUT2D eigenvalue weighted by Crippen LogP contribution is -2.13. The van der Waals surface area contributed by atoms with Gasteiger partial charge in [0.05, 0.1) is 12.0 Å². The fraction of sp³-hybridized carbons (Fsp3) is 0.417. The van der Waals surface area contributed by atoms with Gasteiger partial charge in [-0.2, -0.15) is 4.98 Å². The molecule has 0 saturated heterocycles. The largest absolute Gasteiger partial charge is 0.495 e. The highest BCUT2D eigenvalue weighted by Gasteiger charge is 2.28. The smallest absolute Gasteiger partial charge is 0.225 e. The fourth-order valence-corrected chi connectivity index (χ4v) is 2.29. The fourth-order valence-electron chi connectivity index (χ4n) is 1.89. The van der Waals surface area contributed by atoms with Crippen molar-refractivity contribution in [3.8, 4) is 0 Å². The molecule has 104 valence electrons. The molecule has 1 aromatic heterocycles. The zero-order valence-corrected chi connectivity index (χ0v) is 12.0. The number of nitrogens with zero attached hydrogens (tertiary/aromatic N) is 5. The molecule has 1 aliphatic heterocycles. The van der Waals surface area contributed by atoms with Gasteiger partial charge in [0, 0.05) is 12.5 Å². The zero-order chi connectivity index (χ0) is 13.9. The molecule has 1 aliphatic carbocycles. The van der Waals surface area contributed by atoms with Crippen LogP contribution in [-0.2, 0) is 4.74 Å². The molecule has 1 aromatic rings. The summed E-state index contributed by atoms with van der Waals surface area (Å²) >= 11 is 11.4. The Morgan fingerprint density at radius 1 is 1.25 bits per heavy atom. The van der Waals surface area contributed by atoms with Gasteiger partial charge in [0.1, 0.15) is 11.8 Å². The third-order valence-corrected chi connectivity index (χ3v) is 3.34. The first kappa shape index (κ1) is 13.5. The van der Waals surface area contributed by atoms with E-state index in [-0.39, 0.29) is 16.3 Å². The van der Waals surface area contributed by atoms with Crippen LogP contribution in [-0.4, -0.2) is 22.3 Å². The van der Waals surface area contributed by atoms with E-state index in [0.29, 0.717) is 12.5 Å². The molecule has 0 bridgehead atoms. The average molecular weight is 312 g/mol. The molecule has 0 aromatic carbocycles. The van der Waals surface area contributed by atoms with Crippen molar-refractivity contribution in [3.05, 3.63) is 28.3 Å². The standard InChI is InChI=1S/C12H11Cl2N5O/c13-10-4-11(16-12(14)15-10)18-19-17-9-3-8(5-20-6-9)7-1-2-7/h4-5,7H,1-3,6H2. The van der Waals surface area contributed by atoms with Crippen molar-refractivity contribution in [1.82, 2.24) is 9.97 Å². The van der Waals surface area contributed by atoms with Gasteiger partial charge in [-0.15, -0.1) is 10.2 Å². The Hall–Kier alpha value is -1.53. The van der Waals surface area contributed by atoms with Crippen LogP contribution in [0.15, 0.2) is 33.3 Å². The van der Waals surface area contributed by atoms with Crippen molar-refractivity contribution in [2.45, 2.75) is 19.3 Å². The van der Waals surface area contributed by atoms with E-state index in [1.54, 1.807) is 0 Å². The van der Waals surface area contributed by atoms with Gasteiger partial charge in [0.25, 0.3) is 0 Å². The van der Waals surface area contributed by atoms with Crippen molar-refractivity contribution in [1.29, 1.82) is 0 Å². The molecule has 0 N–H and O–H groups in total. The van der Waals surface area contributed by atoms with Crippen LogP contribution in [0, 0.1) is 5.92 Å². The van der Waals surface area contributed by atoms with Crippen molar-refractivity contribution in [3.63, 3.8) is 0 Å². The molecular weight excluding hydrogens is 301 g/mol. The number of aromatic nitrogens is 2. The second-order valence-corrected chi connectivity index (χ2v) is 5.35. The summed E-state index contributed by atoms with van der Waals surface area (Å²) in [4.78, 5) is 7.59. The van der Waals surface area contributed by atoms with Crippen LogP contribution in [0.25, 0.3) is 0 Å². The topological polar surface area (TPSA) is 72.1 Å². The van der Waals surface area contributed by atoms with E-state index in [2.05, 4.69) is 25.4 Å². The van der Waals surface area contributed by atoms with Crippen LogP contribution in [0.3, 0.4) is 0 Å². The van der Waals surface area contributed by atoms with E-state index in [4.69, 9.17) is 27.9 Å². The zero-order valence-electron chi connectivity index (χ0n) is 10.5. The quantitative estimate of drug-likeness (QED) is 0.367. The summed E-state index contributed by atoms with van der Waals surface area (Å²) in [7, 11) is 0. The summed E-state index contributed by atoms with van der Waals surface area (Å²) < 4.78 is 5.37. The highest BCUT2D eigenvalue weighted by molar-refractivity contribution is 6.31. The number of hydrogen-bond acceptors (Lipinski definition) is 5. The third kappa shape index (κ3) is 3.52. The van der Waals surface area contributed by atoms with Gasteiger partial charge in [-0.3, -0.25) is 0 Å². The Morgan fingerprint density at radius 2 is 2.10 bits per heavy atom. The van der Waals surface area contributed by atoms with Gasteiger partial charge in [-0.25, -0.2) is 4.98 Å². The second kappa shape index (κ2) is 5.85. The Morgan fingerprint density at radius 3 is 2.85 bits per heavy atom. The summed E-state index contributed by atoms with van der Waals surface area (Å²) in [6.45, 7) is 0.445. The molecule has 0 amide bonds. The number of rotatable bonds is 3.